The Labute approximate surface area is 185 Å². The zero-order valence-corrected chi connectivity index (χ0v) is 19.8. The Hall–Kier alpha value is -2.54. The molecule has 1 aliphatic heterocycles. The van der Waals surface area contributed by atoms with Gasteiger partial charge in [0.25, 0.3) is 0 Å². The molecule has 1 amide bonds. The standard InChI is InChI=1S/C24H32N2O4S/c1-17-8-11-19(12-9-17)26(31(5,28)29)14-6-7-23(27)25-21-16-24(3,4)30-22-13-10-18(2)15-20(21)22/h8-13,15,21H,6-7,14,16H2,1-5H3,(H,25,27). The van der Waals surface area contributed by atoms with Gasteiger partial charge in [0, 0.05) is 24.9 Å². The Balaban J connectivity index is 1.64. The molecule has 0 fully saturated rings. The van der Waals surface area contributed by atoms with E-state index >= 15 is 0 Å². The lowest BCUT2D eigenvalue weighted by Crippen LogP contribution is -2.41. The van der Waals surface area contributed by atoms with Crippen LogP contribution in [0.2, 0.25) is 0 Å². The molecule has 3 rings (SSSR count). The molecule has 1 atom stereocenters. The van der Waals surface area contributed by atoms with Gasteiger partial charge in [-0.3, -0.25) is 9.10 Å². The third kappa shape index (κ3) is 6.00. The Morgan fingerprint density at radius 2 is 1.77 bits per heavy atom. The van der Waals surface area contributed by atoms with E-state index < -0.39 is 10.0 Å². The number of nitrogens with zero attached hydrogens (tertiary/aromatic N) is 1. The summed E-state index contributed by atoms with van der Waals surface area (Å²) in [7, 11) is -3.43. The molecule has 168 valence electrons. The number of rotatable bonds is 7. The number of hydrogen-bond donors (Lipinski definition) is 1. The minimum absolute atomic E-state index is 0.0903. The zero-order chi connectivity index (χ0) is 22.8. The summed E-state index contributed by atoms with van der Waals surface area (Å²) in [5, 5.41) is 3.13. The van der Waals surface area contributed by atoms with Crippen molar-refractivity contribution in [3.8, 4) is 5.75 Å². The van der Waals surface area contributed by atoms with Gasteiger partial charge in [-0.25, -0.2) is 8.42 Å². The van der Waals surface area contributed by atoms with Gasteiger partial charge in [0.15, 0.2) is 0 Å². The van der Waals surface area contributed by atoms with E-state index in [4.69, 9.17) is 4.74 Å². The van der Waals surface area contributed by atoms with Crippen LogP contribution in [0, 0.1) is 13.8 Å². The summed E-state index contributed by atoms with van der Waals surface area (Å²) in [5.41, 5.74) is 3.41. The minimum Gasteiger partial charge on any atom is -0.487 e. The maximum atomic E-state index is 12.7. The first-order valence-electron chi connectivity index (χ1n) is 10.6. The zero-order valence-electron chi connectivity index (χ0n) is 18.9. The van der Waals surface area contributed by atoms with Crippen LogP contribution in [-0.2, 0) is 14.8 Å². The molecule has 2 aromatic rings. The van der Waals surface area contributed by atoms with E-state index in [0.29, 0.717) is 18.5 Å². The second-order valence-electron chi connectivity index (χ2n) is 9.00. The van der Waals surface area contributed by atoms with Gasteiger partial charge in [-0.15, -0.1) is 0 Å². The lowest BCUT2D eigenvalue weighted by molar-refractivity contribution is -0.122. The Morgan fingerprint density at radius 1 is 1.13 bits per heavy atom. The highest BCUT2D eigenvalue weighted by molar-refractivity contribution is 7.92. The summed E-state index contributed by atoms with van der Waals surface area (Å²) < 4.78 is 31.9. The average molecular weight is 445 g/mol. The van der Waals surface area contributed by atoms with Crippen molar-refractivity contribution >= 4 is 21.6 Å². The van der Waals surface area contributed by atoms with Crippen LogP contribution in [-0.4, -0.2) is 32.7 Å². The molecule has 1 unspecified atom stereocenters. The van der Waals surface area contributed by atoms with Crippen molar-refractivity contribution in [2.45, 2.75) is 58.6 Å². The number of benzene rings is 2. The number of hydrogen-bond acceptors (Lipinski definition) is 4. The van der Waals surface area contributed by atoms with Crippen LogP contribution in [0.15, 0.2) is 42.5 Å². The Kier molecular flexibility index (Phi) is 6.65. The highest BCUT2D eigenvalue weighted by atomic mass is 32.2. The van der Waals surface area contributed by atoms with Crippen LogP contribution in [0.5, 0.6) is 5.75 Å². The number of aryl methyl sites for hydroxylation is 2. The molecule has 7 heteroatoms. The number of fused-ring (bicyclic) bond motifs is 1. The number of amides is 1. The second kappa shape index (κ2) is 8.91. The van der Waals surface area contributed by atoms with Gasteiger partial charge in [-0.1, -0.05) is 35.4 Å². The van der Waals surface area contributed by atoms with Gasteiger partial charge < -0.3 is 10.1 Å². The molecule has 6 nitrogen and oxygen atoms in total. The normalized spacial score (nSPS) is 17.4. The lowest BCUT2D eigenvalue weighted by Gasteiger charge is -2.38. The lowest BCUT2D eigenvalue weighted by atomic mass is 9.89. The van der Waals surface area contributed by atoms with Crippen molar-refractivity contribution in [3.05, 3.63) is 59.2 Å². The second-order valence-corrected chi connectivity index (χ2v) is 10.9. The highest BCUT2D eigenvalue weighted by Crippen LogP contribution is 2.39. The van der Waals surface area contributed by atoms with Crippen LogP contribution >= 0.6 is 0 Å². The van der Waals surface area contributed by atoms with E-state index in [2.05, 4.69) is 11.4 Å². The summed E-state index contributed by atoms with van der Waals surface area (Å²) >= 11 is 0. The average Bonchev–Trinajstić information content (AvgIpc) is 2.65. The molecule has 0 spiro atoms. The van der Waals surface area contributed by atoms with Gasteiger partial charge in [-0.05, 0) is 52.3 Å². The van der Waals surface area contributed by atoms with Crippen molar-refractivity contribution in [3.63, 3.8) is 0 Å². The van der Waals surface area contributed by atoms with Gasteiger partial charge in [0.05, 0.1) is 18.0 Å². The van der Waals surface area contributed by atoms with E-state index in [1.807, 2.05) is 52.0 Å². The molecule has 0 aliphatic carbocycles. The quantitative estimate of drug-likeness (QED) is 0.692. The van der Waals surface area contributed by atoms with Gasteiger partial charge in [0.1, 0.15) is 11.4 Å². The van der Waals surface area contributed by atoms with Gasteiger partial charge in [0.2, 0.25) is 15.9 Å². The van der Waals surface area contributed by atoms with E-state index in [-0.39, 0.29) is 30.5 Å². The molecule has 0 radical (unpaired) electrons. The third-order valence-electron chi connectivity index (χ3n) is 5.45. The molecule has 0 aromatic heterocycles. The maximum absolute atomic E-state index is 12.7. The van der Waals surface area contributed by atoms with E-state index in [1.165, 1.54) is 10.6 Å². The molecule has 0 bridgehead atoms. The summed E-state index contributed by atoms with van der Waals surface area (Å²) in [6.07, 6.45) is 2.54. The first-order valence-corrected chi connectivity index (χ1v) is 12.4. The van der Waals surface area contributed by atoms with Crippen LogP contribution in [0.25, 0.3) is 0 Å². The molecule has 1 heterocycles. The maximum Gasteiger partial charge on any atom is 0.232 e. The topological polar surface area (TPSA) is 75.7 Å². The number of carbonyl (C=O) groups excluding carboxylic acids is 1. The van der Waals surface area contributed by atoms with E-state index in [1.54, 1.807) is 12.1 Å². The smallest absolute Gasteiger partial charge is 0.232 e. The number of carbonyl (C=O) groups is 1. The monoisotopic (exact) mass is 444 g/mol. The molecule has 1 aliphatic rings. The largest absolute Gasteiger partial charge is 0.487 e. The van der Waals surface area contributed by atoms with Crippen molar-refractivity contribution < 1.29 is 17.9 Å². The fourth-order valence-electron chi connectivity index (χ4n) is 3.95. The summed E-state index contributed by atoms with van der Waals surface area (Å²) in [6.45, 7) is 8.26. The summed E-state index contributed by atoms with van der Waals surface area (Å²) in [4.78, 5) is 12.7. The number of sulfonamides is 1. The molecule has 2 aromatic carbocycles. The number of nitrogens with one attached hydrogen (secondary N) is 1. The van der Waals surface area contributed by atoms with Crippen LogP contribution in [0.3, 0.4) is 0 Å². The van der Waals surface area contributed by atoms with Crippen molar-refractivity contribution in [2.75, 3.05) is 17.1 Å². The fraction of sp³-hybridized carbons (Fsp3) is 0.458. The highest BCUT2D eigenvalue weighted by Gasteiger charge is 2.34. The molecular weight excluding hydrogens is 412 g/mol. The van der Waals surface area contributed by atoms with Crippen LogP contribution in [0.1, 0.15) is 55.8 Å². The molecular formula is C24H32N2O4S. The molecule has 31 heavy (non-hydrogen) atoms. The van der Waals surface area contributed by atoms with Crippen LogP contribution in [0.4, 0.5) is 5.69 Å². The predicted molar refractivity (Wildman–Crippen MR) is 124 cm³/mol. The summed E-state index contributed by atoms with van der Waals surface area (Å²) in [6, 6.07) is 13.2. The first-order chi connectivity index (χ1) is 14.4. The number of ether oxygens (including phenoxy) is 1. The number of anilines is 1. The fourth-order valence-corrected chi connectivity index (χ4v) is 4.92. The van der Waals surface area contributed by atoms with E-state index in [9.17, 15) is 13.2 Å². The van der Waals surface area contributed by atoms with E-state index in [0.717, 1.165) is 22.4 Å². The molecule has 0 saturated carbocycles. The Morgan fingerprint density at radius 3 is 2.42 bits per heavy atom. The van der Waals surface area contributed by atoms with Crippen molar-refractivity contribution in [1.82, 2.24) is 5.32 Å². The Bertz CT molecular complexity index is 1050. The van der Waals surface area contributed by atoms with Gasteiger partial charge in [-0.2, -0.15) is 0 Å². The minimum atomic E-state index is -3.43. The summed E-state index contributed by atoms with van der Waals surface area (Å²) in [5.74, 6) is 0.710. The first kappa shape index (κ1) is 23.1. The van der Waals surface area contributed by atoms with Crippen LogP contribution < -0.4 is 14.4 Å². The van der Waals surface area contributed by atoms with Crippen molar-refractivity contribution in [2.24, 2.45) is 0 Å². The SMILES string of the molecule is Cc1ccc(N(CCCC(=O)NC2CC(C)(C)Oc3ccc(C)cc32)S(C)(=O)=O)cc1. The van der Waals surface area contributed by atoms with Gasteiger partial charge >= 0.3 is 0 Å². The third-order valence-corrected chi connectivity index (χ3v) is 6.64. The molecule has 0 saturated heterocycles. The predicted octanol–water partition coefficient (Wildman–Crippen LogP) is 4.27. The molecule has 1 N–H and O–H groups in total. The van der Waals surface area contributed by atoms with Crippen molar-refractivity contribution in [1.29, 1.82) is 0 Å².